The van der Waals surface area contributed by atoms with Crippen molar-refractivity contribution in [2.45, 2.75) is 18.8 Å². The van der Waals surface area contributed by atoms with E-state index in [2.05, 4.69) is 0 Å². The molecule has 5 rings (SSSR count). The maximum Gasteiger partial charge on any atom is 0.263 e. The molecule has 0 saturated carbocycles. The molecular formula is C24H24N4O3S. The van der Waals surface area contributed by atoms with Crippen molar-refractivity contribution in [2.75, 3.05) is 27.3 Å². The van der Waals surface area contributed by atoms with Crippen LogP contribution < -0.4 is 9.47 Å². The third-order valence-electron chi connectivity index (χ3n) is 5.87. The van der Waals surface area contributed by atoms with Crippen LogP contribution in [0.15, 0.2) is 54.0 Å². The molecule has 3 aromatic heterocycles. The first-order valence-electron chi connectivity index (χ1n) is 10.6. The summed E-state index contributed by atoms with van der Waals surface area (Å²) in [5.41, 5.74) is 2.67. The molecule has 1 aliphatic heterocycles. The molecule has 0 radical (unpaired) electrons. The van der Waals surface area contributed by atoms with Gasteiger partial charge in [-0.05, 0) is 42.5 Å². The Morgan fingerprint density at radius 3 is 2.81 bits per heavy atom. The summed E-state index contributed by atoms with van der Waals surface area (Å²) < 4.78 is 12.8. The number of para-hydroxylation sites is 1. The Labute approximate surface area is 190 Å². The number of hydrogen-bond donors (Lipinski definition) is 0. The Hall–Kier alpha value is -3.39. The molecule has 0 N–H and O–H groups in total. The summed E-state index contributed by atoms with van der Waals surface area (Å²) in [6.45, 7) is 1.42. The molecule has 7 nitrogen and oxygen atoms in total. The van der Waals surface area contributed by atoms with E-state index in [-0.39, 0.29) is 11.8 Å². The fraction of sp³-hybridized carbons (Fsp3) is 0.292. The zero-order valence-corrected chi connectivity index (χ0v) is 18.8. The Morgan fingerprint density at radius 1 is 1.12 bits per heavy atom. The van der Waals surface area contributed by atoms with Crippen LogP contribution in [-0.4, -0.2) is 52.7 Å². The van der Waals surface area contributed by atoms with Crippen LogP contribution in [0.3, 0.4) is 0 Å². The predicted molar refractivity (Wildman–Crippen MR) is 124 cm³/mol. The van der Waals surface area contributed by atoms with Gasteiger partial charge in [0.1, 0.15) is 0 Å². The topological polar surface area (TPSA) is 69.0 Å². The van der Waals surface area contributed by atoms with Gasteiger partial charge in [-0.2, -0.15) is 5.10 Å². The first-order valence-corrected chi connectivity index (χ1v) is 11.5. The van der Waals surface area contributed by atoms with Crippen LogP contribution >= 0.6 is 11.3 Å². The van der Waals surface area contributed by atoms with E-state index >= 15 is 0 Å². The number of methoxy groups -OCH3 is 2. The lowest BCUT2D eigenvalue weighted by Crippen LogP contribution is -2.39. The third kappa shape index (κ3) is 3.71. The number of thiophene rings is 1. The van der Waals surface area contributed by atoms with Gasteiger partial charge in [0.05, 0.1) is 19.1 Å². The molecule has 0 unspecified atom stereocenters. The summed E-state index contributed by atoms with van der Waals surface area (Å²) in [5, 5.41) is 6.71. The average Bonchev–Trinajstić information content (AvgIpc) is 3.53. The molecule has 0 spiro atoms. The number of aromatic nitrogens is 3. The van der Waals surface area contributed by atoms with Crippen molar-refractivity contribution in [3.63, 3.8) is 0 Å². The van der Waals surface area contributed by atoms with Gasteiger partial charge in [-0.15, -0.1) is 11.3 Å². The lowest BCUT2D eigenvalue weighted by atomic mass is 9.97. The first kappa shape index (κ1) is 20.5. The van der Waals surface area contributed by atoms with Crippen molar-refractivity contribution >= 4 is 22.9 Å². The number of likely N-dealkylation sites (tertiary alicyclic amines) is 1. The average molecular weight is 449 g/mol. The monoisotopic (exact) mass is 448 g/mol. The fourth-order valence-electron chi connectivity index (χ4n) is 4.28. The number of carbonyl (C=O) groups is 1. The van der Waals surface area contributed by atoms with Crippen molar-refractivity contribution in [3.05, 3.63) is 64.7 Å². The standard InChI is InChI=1S/C24H24N4O3S/c1-30-19-8-3-7-18(22(19)31-2)16-10-11-21-25-23(26-28(21)15-16)17-6-4-12-27(14-17)24(29)20-9-5-13-32-20/h3,5,7-11,13,15,17H,4,6,12,14H2,1-2H3/t17-/m1/s1. The van der Waals surface area contributed by atoms with Gasteiger partial charge < -0.3 is 14.4 Å². The molecule has 0 aliphatic carbocycles. The van der Waals surface area contributed by atoms with Gasteiger partial charge in [0, 0.05) is 36.3 Å². The molecule has 164 valence electrons. The van der Waals surface area contributed by atoms with Gasteiger partial charge in [-0.25, -0.2) is 9.50 Å². The van der Waals surface area contributed by atoms with E-state index in [4.69, 9.17) is 19.6 Å². The van der Waals surface area contributed by atoms with Crippen molar-refractivity contribution < 1.29 is 14.3 Å². The van der Waals surface area contributed by atoms with E-state index in [1.54, 1.807) is 14.2 Å². The van der Waals surface area contributed by atoms with Gasteiger partial charge in [0.25, 0.3) is 5.91 Å². The molecule has 1 aromatic carbocycles. The summed E-state index contributed by atoms with van der Waals surface area (Å²) in [7, 11) is 3.27. The van der Waals surface area contributed by atoms with Crippen LogP contribution in [0.5, 0.6) is 11.5 Å². The summed E-state index contributed by atoms with van der Waals surface area (Å²) in [5.74, 6) is 2.37. The number of hydrogen-bond acceptors (Lipinski definition) is 6. The Kier molecular flexibility index (Phi) is 5.53. The number of pyridine rings is 1. The van der Waals surface area contributed by atoms with Crippen molar-refractivity contribution in [2.24, 2.45) is 0 Å². The normalized spacial score (nSPS) is 16.3. The summed E-state index contributed by atoms with van der Waals surface area (Å²) in [6, 6.07) is 13.6. The highest BCUT2D eigenvalue weighted by Crippen LogP contribution is 2.37. The number of amides is 1. The number of nitrogens with zero attached hydrogens (tertiary/aromatic N) is 4. The fourth-order valence-corrected chi connectivity index (χ4v) is 4.97. The van der Waals surface area contributed by atoms with E-state index in [0.29, 0.717) is 18.0 Å². The lowest BCUT2D eigenvalue weighted by molar-refractivity contribution is 0.0709. The number of piperidine rings is 1. The second-order valence-electron chi connectivity index (χ2n) is 7.80. The molecule has 1 atom stereocenters. The Morgan fingerprint density at radius 2 is 2.03 bits per heavy atom. The SMILES string of the molecule is COc1cccc(-c2ccc3nc([C@@H]4CCCN(C(=O)c5cccs5)C4)nn3c2)c1OC. The van der Waals surface area contributed by atoms with E-state index in [9.17, 15) is 4.79 Å². The minimum atomic E-state index is 0.0980. The molecular weight excluding hydrogens is 424 g/mol. The highest BCUT2D eigenvalue weighted by atomic mass is 32.1. The molecule has 8 heteroatoms. The van der Waals surface area contributed by atoms with E-state index in [0.717, 1.165) is 46.9 Å². The number of ether oxygens (including phenoxy) is 2. The highest BCUT2D eigenvalue weighted by Gasteiger charge is 2.28. The predicted octanol–water partition coefficient (Wildman–Crippen LogP) is 4.49. The van der Waals surface area contributed by atoms with E-state index in [1.807, 2.05) is 63.5 Å². The van der Waals surface area contributed by atoms with E-state index in [1.165, 1.54) is 11.3 Å². The van der Waals surface area contributed by atoms with Crippen molar-refractivity contribution in [3.8, 4) is 22.6 Å². The van der Waals surface area contributed by atoms with Crippen molar-refractivity contribution in [1.82, 2.24) is 19.5 Å². The summed E-state index contributed by atoms with van der Waals surface area (Å²) >= 11 is 1.48. The van der Waals surface area contributed by atoms with Gasteiger partial charge in [0.15, 0.2) is 23.0 Å². The molecule has 4 aromatic rings. The summed E-state index contributed by atoms with van der Waals surface area (Å²) in [6.07, 6.45) is 3.88. The van der Waals surface area contributed by atoms with Gasteiger partial charge in [0.2, 0.25) is 0 Å². The van der Waals surface area contributed by atoms with Gasteiger partial charge in [-0.1, -0.05) is 18.2 Å². The number of fused-ring (bicyclic) bond motifs is 1. The molecule has 1 saturated heterocycles. The molecule has 1 fully saturated rings. The zero-order valence-electron chi connectivity index (χ0n) is 18.0. The van der Waals surface area contributed by atoms with Crippen LogP contribution in [0.4, 0.5) is 0 Å². The lowest BCUT2D eigenvalue weighted by Gasteiger charge is -2.31. The third-order valence-corrected chi connectivity index (χ3v) is 6.72. The molecule has 4 heterocycles. The van der Waals surface area contributed by atoms with Crippen LogP contribution in [0.1, 0.15) is 34.3 Å². The van der Waals surface area contributed by atoms with Crippen LogP contribution in [-0.2, 0) is 0 Å². The largest absolute Gasteiger partial charge is 0.493 e. The minimum absolute atomic E-state index is 0.0980. The zero-order chi connectivity index (χ0) is 22.1. The quantitative estimate of drug-likeness (QED) is 0.450. The molecule has 0 bridgehead atoms. The molecule has 32 heavy (non-hydrogen) atoms. The highest BCUT2D eigenvalue weighted by molar-refractivity contribution is 7.12. The molecule has 1 aliphatic rings. The maximum atomic E-state index is 12.8. The van der Waals surface area contributed by atoms with Crippen LogP contribution in [0.2, 0.25) is 0 Å². The van der Waals surface area contributed by atoms with Crippen LogP contribution in [0, 0.1) is 0 Å². The first-order chi connectivity index (χ1) is 15.7. The van der Waals surface area contributed by atoms with E-state index < -0.39 is 0 Å². The number of rotatable bonds is 5. The van der Waals surface area contributed by atoms with Crippen LogP contribution in [0.25, 0.3) is 16.8 Å². The second kappa shape index (κ2) is 8.63. The second-order valence-corrected chi connectivity index (χ2v) is 8.75. The minimum Gasteiger partial charge on any atom is -0.493 e. The maximum absolute atomic E-state index is 12.8. The smallest absolute Gasteiger partial charge is 0.263 e. The Balaban J connectivity index is 1.43. The number of carbonyl (C=O) groups excluding carboxylic acids is 1. The Bertz CT molecular complexity index is 1250. The van der Waals surface area contributed by atoms with Crippen molar-refractivity contribution in [1.29, 1.82) is 0 Å². The molecule has 1 amide bonds. The van der Waals surface area contributed by atoms with Gasteiger partial charge >= 0.3 is 0 Å². The summed E-state index contributed by atoms with van der Waals surface area (Å²) in [4.78, 5) is 20.3. The number of benzene rings is 1. The van der Waals surface area contributed by atoms with Gasteiger partial charge in [-0.3, -0.25) is 4.79 Å².